The molecule has 4 nitrogen and oxygen atoms in total. The van der Waals surface area contributed by atoms with Gasteiger partial charge < -0.3 is 10.4 Å². The number of carboxylic acids is 1. The summed E-state index contributed by atoms with van der Waals surface area (Å²) in [5.41, 5.74) is -0.310. The smallest absolute Gasteiger partial charge is 0.335 e. The minimum Gasteiger partial charge on any atom is -0.478 e. The molecule has 0 aliphatic carbocycles. The number of carbonyl (C=O) groups is 2. The van der Waals surface area contributed by atoms with Gasteiger partial charge in [0.25, 0.3) is 5.91 Å². The maximum absolute atomic E-state index is 13.5. The molecule has 2 N–H and O–H groups in total. The molecule has 0 aromatic heterocycles. The van der Waals surface area contributed by atoms with Crippen LogP contribution in [-0.4, -0.2) is 23.5 Å². The van der Waals surface area contributed by atoms with Crippen molar-refractivity contribution in [1.29, 1.82) is 0 Å². The summed E-state index contributed by atoms with van der Waals surface area (Å²) in [5.74, 6) is -2.12. The molecule has 0 heterocycles. The third-order valence-corrected chi connectivity index (χ3v) is 2.47. The van der Waals surface area contributed by atoms with Gasteiger partial charge in [-0.2, -0.15) is 0 Å². The van der Waals surface area contributed by atoms with E-state index < -0.39 is 17.7 Å². The van der Waals surface area contributed by atoms with Crippen LogP contribution >= 0.6 is 0 Å². The lowest BCUT2D eigenvalue weighted by molar-refractivity contribution is 0.0695. The summed E-state index contributed by atoms with van der Waals surface area (Å²) in [5, 5.41) is 11.3. The molecule has 0 radical (unpaired) electrons. The van der Waals surface area contributed by atoms with E-state index >= 15 is 0 Å². The van der Waals surface area contributed by atoms with Gasteiger partial charge >= 0.3 is 5.97 Å². The lowest BCUT2D eigenvalue weighted by atomic mass is 10.1. The minimum absolute atomic E-state index is 0.135. The average molecular weight is 253 g/mol. The highest BCUT2D eigenvalue weighted by Crippen LogP contribution is 2.10. The van der Waals surface area contributed by atoms with Crippen molar-refractivity contribution in [3.8, 4) is 0 Å². The van der Waals surface area contributed by atoms with Gasteiger partial charge in [-0.3, -0.25) is 4.79 Å². The lowest BCUT2D eigenvalue weighted by Gasteiger charge is -2.08. The summed E-state index contributed by atoms with van der Waals surface area (Å²) in [7, 11) is 0. The maximum Gasteiger partial charge on any atom is 0.335 e. The van der Waals surface area contributed by atoms with Crippen LogP contribution in [0, 0.1) is 11.7 Å². The van der Waals surface area contributed by atoms with E-state index in [1.54, 1.807) is 0 Å². The first-order valence-corrected chi connectivity index (χ1v) is 5.73. The van der Waals surface area contributed by atoms with Crippen LogP contribution in [0.1, 0.15) is 41.0 Å². The van der Waals surface area contributed by atoms with Crippen LogP contribution in [0.25, 0.3) is 0 Å². The summed E-state index contributed by atoms with van der Waals surface area (Å²) in [4.78, 5) is 22.2. The Morgan fingerprint density at radius 1 is 1.39 bits per heavy atom. The Bertz CT molecular complexity index is 458. The second-order valence-electron chi connectivity index (χ2n) is 4.44. The normalized spacial score (nSPS) is 10.4. The molecule has 0 aliphatic rings. The van der Waals surface area contributed by atoms with Crippen molar-refractivity contribution in [2.45, 2.75) is 20.3 Å². The van der Waals surface area contributed by atoms with Crippen molar-refractivity contribution in [2.75, 3.05) is 6.54 Å². The number of carbonyl (C=O) groups excluding carboxylic acids is 1. The summed E-state index contributed by atoms with van der Waals surface area (Å²) >= 11 is 0. The highest BCUT2D eigenvalue weighted by atomic mass is 19.1. The van der Waals surface area contributed by atoms with Crippen molar-refractivity contribution in [2.24, 2.45) is 5.92 Å². The Morgan fingerprint density at radius 2 is 2.06 bits per heavy atom. The van der Waals surface area contributed by atoms with Gasteiger partial charge in [-0.1, -0.05) is 13.8 Å². The molecule has 0 aliphatic heterocycles. The molecule has 0 unspecified atom stereocenters. The third kappa shape index (κ3) is 3.84. The van der Waals surface area contributed by atoms with Crippen molar-refractivity contribution in [1.82, 2.24) is 5.32 Å². The highest BCUT2D eigenvalue weighted by molar-refractivity contribution is 5.96. The molecule has 0 atom stereocenters. The second-order valence-corrected chi connectivity index (χ2v) is 4.44. The van der Waals surface area contributed by atoms with Gasteiger partial charge in [0.15, 0.2) is 0 Å². The molecule has 5 heteroatoms. The second kappa shape index (κ2) is 6.14. The zero-order valence-corrected chi connectivity index (χ0v) is 10.4. The fraction of sp³-hybridized carbons (Fsp3) is 0.385. The number of halogens is 1. The largest absolute Gasteiger partial charge is 0.478 e. The molecule has 0 bridgehead atoms. The Balaban J connectivity index is 2.72. The van der Waals surface area contributed by atoms with Crippen LogP contribution in [0.4, 0.5) is 4.39 Å². The number of hydrogen-bond acceptors (Lipinski definition) is 2. The van der Waals surface area contributed by atoms with Gasteiger partial charge in [0.2, 0.25) is 0 Å². The van der Waals surface area contributed by atoms with E-state index in [-0.39, 0.29) is 11.1 Å². The number of benzene rings is 1. The molecule has 1 aromatic rings. The summed E-state index contributed by atoms with van der Waals surface area (Å²) in [6.07, 6.45) is 0.806. The summed E-state index contributed by atoms with van der Waals surface area (Å²) < 4.78 is 13.5. The van der Waals surface area contributed by atoms with Crippen molar-refractivity contribution < 1.29 is 19.1 Å². The molecule has 0 fully saturated rings. The first-order chi connectivity index (χ1) is 8.41. The van der Waals surface area contributed by atoms with Crippen LogP contribution in [0.5, 0.6) is 0 Å². The number of aromatic carboxylic acids is 1. The molecule has 0 spiro atoms. The first kappa shape index (κ1) is 14.2. The fourth-order valence-electron chi connectivity index (χ4n) is 1.40. The number of amides is 1. The molecule has 18 heavy (non-hydrogen) atoms. The molecule has 0 saturated heterocycles. The Kier molecular flexibility index (Phi) is 4.83. The molecule has 1 rings (SSSR count). The van der Waals surface area contributed by atoms with Gasteiger partial charge in [-0.25, -0.2) is 9.18 Å². The van der Waals surface area contributed by atoms with Crippen LogP contribution in [-0.2, 0) is 0 Å². The molecule has 1 aromatic carbocycles. The lowest BCUT2D eigenvalue weighted by Crippen LogP contribution is -2.26. The Labute approximate surface area is 105 Å². The van der Waals surface area contributed by atoms with Crippen LogP contribution < -0.4 is 5.32 Å². The van der Waals surface area contributed by atoms with Crippen molar-refractivity contribution in [3.05, 3.63) is 35.1 Å². The van der Waals surface area contributed by atoms with Crippen LogP contribution in [0.2, 0.25) is 0 Å². The molecule has 1 amide bonds. The Morgan fingerprint density at radius 3 is 2.56 bits per heavy atom. The number of rotatable bonds is 5. The number of hydrogen-bond donors (Lipinski definition) is 2. The number of carboxylic acid groups (broad SMARTS) is 1. The molecule has 0 saturated carbocycles. The van der Waals surface area contributed by atoms with E-state index in [2.05, 4.69) is 5.32 Å². The average Bonchev–Trinajstić information content (AvgIpc) is 2.27. The van der Waals surface area contributed by atoms with Gasteiger partial charge in [-0.15, -0.1) is 0 Å². The van der Waals surface area contributed by atoms with Gasteiger partial charge in [0.05, 0.1) is 11.1 Å². The standard InChI is InChI=1S/C13H16FNO3/c1-8(2)5-6-15-12(16)10-4-3-9(13(17)18)7-11(10)14/h3-4,7-8H,5-6H2,1-2H3,(H,15,16)(H,17,18). The predicted molar refractivity (Wildman–Crippen MR) is 65.1 cm³/mol. The van der Waals surface area contributed by atoms with Crippen LogP contribution in [0.3, 0.4) is 0 Å². The monoisotopic (exact) mass is 253 g/mol. The fourth-order valence-corrected chi connectivity index (χ4v) is 1.40. The molecule has 98 valence electrons. The highest BCUT2D eigenvalue weighted by Gasteiger charge is 2.14. The SMILES string of the molecule is CC(C)CCNC(=O)c1ccc(C(=O)O)cc1F. The predicted octanol–water partition coefficient (Wildman–Crippen LogP) is 2.30. The first-order valence-electron chi connectivity index (χ1n) is 5.73. The van der Waals surface area contributed by atoms with Crippen molar-refractivity contribution >= 4 is 11.9 Å². The van der Waals surface area contributed by atoms with Crippen LogP contribution in [0.15, 0.2) is 18.2 Å². The van der Waals surface area contributed by atoms with Gasteiger partial charge in [0.1, 0.15) is 5.82 Å². The van der Waals surface area contributed by atoms with E-state index in [1.165, 1.54) is 12.1 Å². The van der Waals surface area contributed by atoms with Gasteiger partial charge in [0, 0.05) is 6.54 Å². The van der Waals surface area contributed by atoms with E-state index in [0.717, 1.165) is 12.5 Å². The zero-order chi connectivity index (χ0) is 13.7. The van der Waals surface area contributed by atoms with E-state index in [0.29, 0.717) is 12.5 Å². The quantitative estimate of drug-likeness (QED) is 0.846. The third-order valence-electron chi connectivity index (χ3n) is 2.47. The maximum atomic E-state index is 13.5. The van der Waals surface area contributed by atoms with E-state index in [1.807, 2.05) is 13.8 Å². The van der Waals surface area contributed by atoms with Crippen molar-refractivity contribution in [3.63, 3.8) is 0 Å². The van der Waals surface area contributed by atoms with E-state index in [9.17, 15) is 14.0 Å². The topological polar surface area (TPSA) is 66.4 Å². The summed E-state index contributed by atoms with van der Waals surface area (Å²) in [6.45, 7) is 4.51. The van der Waals surface area contributed by atoms with Gasteiger partial charge in [-0.05, 0) is 30.5 Å². The zero-order valence-electron chi connectivity index (χ0n) is 10.4. The van der Waals surface area contributed by atoms with E-state index in [4.69, 9.17) is 5.11 Å². The minimum atomic E-state index is -1.22. The molecular weight excluding hydrogens is 237 g/mol. The molecular formula is C13H16FNO3. The summed E-state index contributed by atoms with van der Waals surface area (Å²) in [6, 6.07) is 3.24. The Hall–Kier alpha value is -1.91. The number of nitrogens with one attached hydrogen (secondary N) is 1.